The van der Waals surface area contributed by atoms with Crippen LogP contribution in [0.5, 0.6) is 0 Å². The molecule has 1 aliphatic rings. The van der Waals surface area contributed by atoms with E-state index in [0.717, 1.165) is 17.8 Å². The van der Waals surface area contributed by atoms with Gasteiger partial charge >= 0.3 is 5.97 Å². The van der Waals surface area contributed by atoms with Crippen molar-refractivity contribution >= 4 is 22.9 Å². The Morgan fingerprint density at radius 1 is 1.67 bits per heavy atom. The van der Waals surface area contributed by atoms with Crippen LogP contribution in [0.4, 0.5) is 0 Å². The predicted octanol–water partition coefficient (Wildman–Crippen LogP) is 2.89. The maximum atomic E-state index is 11.4. The summed E-state index contributed by atoms with van der Waals surface area (Å²) in [6.07, 6.45) is 7.22. The van der Waals surface area contributed by atoms with Gasteiger partial charge in [-0.1, -0.05) is 6.08 Å². The summed E-state index contributed by atoms with van der Waals surface area (Å²) in [5.41, 5.74) is 1.27. The summed E-state index contributed by atoms with van der Waals surface area (Å²) in [5.74, 6) is -0.264. The fraction of sp³-hybridized carbons (Fsp3) is 0.455. The first-order chi connectivity index (χ1) is 7.31. The molecule has 80 valence electrons. The molecule has 0 saturated heterocycles. The number of esters is 1. The van der Waals surface area contributed by atoms with Crippen molar-refractivity contribution < 1.29 is 9.53 Å². The maximum Gasteiger partial charge on any atom is 0.349 e. The number of nitrogens with zero attached hydrogens (tertiary/aromatic N) is 1. The Kier molecular flexibility index (Phi) is 3.16. The van der Waals surface area contributed by atoms with Gasteiger partial charge in [0.2, 0.25) is 0 Å². The highest BCUT2D eigenvalue weighted by Gasteiger charge is 2.15. The van der Waals surface area contributed by atoms with Crippen molar-refractivity contribution in [2.75, 3.05) is 6.61 Å². The quantitative estimate of drug-likeness (QED) is 0.740. The molecular formula is C11H13NO2S. The monoisotopic (exact) mass is 223 g/mol. The molecule has 0 saturated carbocycles. The van der Waals surface area contributed by atoms with E-state index in [-0.39, 0.29) is 5.97 Å². The van der Waals surface area contributed by atoms with E-state index in [1.54, 1.807) is 13.1 Å². The molecule has 4 heteroatoms. The van der Waals surface area contributed by atoms with Crippen LogP contribution in [0.3, 0.4) is 0 Å². The van der Waals surface area contributed by atoms with Gasteiger partial charge in [-0.15, -0.1) is 11.3 Å². The zero-order valence-electron chi connectivity index (χ0n) is 8.66. The first-order valence-corrected chi connectivity index (χ1v) is 5.95. The van der Waals surface area contributed by atoms with Gasteiger partial charge < -0.3 is 4.74 Å². The molecular weight excluding hydrogens is 210 g/mol. The van der Waals surface area contributed by atoms with E-state index < -0.39 is 0 Å². The Morgan fingerprint density at radius 3 is 3.20 bits per heavy atom. The third kappa shape index (κ3) is 2.26. The van der Waals surface area contributed by atoms with E-state index in [2.05, 4.69) is 11.1 Å². The number of ether oxygens (including phenoxy) is 1. The van der Waals surface area contributed by atoms with E-state index >= 15 is 0 Å². The summed E-state index contributed by atoms with van der Waals surface area (Å²) >= 11 is 1.42. The van der Waals surface area contributed by atoms with Gasteiger partial charge in [-0.05, 0) is 31.8 Å². The van der Waals surface area contributed by atoms with E-state index in [9.17, 15) is 4.79 Å². The van der Waals surface area contributed by atoms with Crippen molar-refractivity contribution in [3.63, 3.8) is 0 Å². The molecule has 1 aromatic heterocycles. The van der Waals surface area contributed by atoms with Gasteiger partial charge in [0.15, 0.2) is 0 Å². The second-order valence-corrected chi connectivity index (χ2v) is 4.40. The molecule has 0 radical (unpaired) electrons. The van der Waals surface area contributed by atoms with Gasteiger partial charge in [-0.2, -0.15) is 0 Å². The second kappa shape index (κ2) is 4.57. The predicted molar refractivity (Wildman–Crippen MR) is 59.9 cm³/mol. The number of thiazole rings is 1. The van der Waals surface area contributed by atoms with E-state index in [0.29, 0.717) is 11.5 Å². The van der Waals surface area contributed by atoms with Crippen molar-refractivity contribution in [3.05, 3.63) is 22.2 Å². The fourth-order valence-electron chi connectivity index (χ4n) is 1.58. The van der Waals surface area contributed by atoms with Crippen LogP contribution < -0.4 is 0 Å². The van der Waals surface area contributed by atoms with Crippen LogP contribution in [-0.2, 0) is 4.74 Å². The summed E-state index contributed by atoms with van der Waals surface area (Å²) in [5, 5.41) is 0.968. The van der Waals surface area contributed by atoms with E-state index in [1.165, 1.54) is 23.3 Å². The number of allylic oxidation sites excluding steroid dienone is 2. The third-order valence-electron chi connectivity index (χ3n) is 2.30. The Hall–Kier alpha value is -1.16. The van der Waals surface area contributed by atoms with Crippen LogP contribution in [-0.4, -0.2) is 17.6 Å². The summed E-state index contributed by atoms with van der Waals surface area (Å²) in [6, 6.07) is 0. The lowest BCUT2D eigenvalue weighted by molar-refractivity contribution is 0.0532. The molecule has 2 rings (SSSR count). The molecule has 0 fully saturated rings. The largest absolute Gasteiger partial charge is 0.462 e. The Balaban J connectivity index is 2.13. The maximum absolute atomic E-state index is 11.4. The second-order valence-electron chi connectivity index (χ2n) is 3.37. The van der Waals surface area contributed by atoms with E-state index in [4.69, 9.17) is 4.74 Å². The molecule has 0 unspecified atom stereocenters. The number of carbonyl (C=O) groups excluding carboxylic acids is 1. The zero-order valence-corrected chi connectivity index (χ0v) is 9.47. The lowest BCUT2D eigenvalue weighted by Gasteiger charge is -1.96. The van der Waals surface area contributed by atoms with Gasteiger partial charge in [0.05, 0.1) is 12.8 Å². The number of hydrogen-bond acceptors (Lipinski definition) is 4. The van der Waals surface area contributed by atoms with Crippen LogP contribution in [0.2, 0.25) is 0 Å². The van der Waals surface area contributed by atoms with Crippen molar-refractivity contribution in [3.8, 4) is 0 Å². The highest BCUT2D eigenvalue weighted by Crippen LogP contribution is 2.30. The van der Waals surface area contributed by atoms with Crippen LogP contribution in [0.15, 0.2) is 12.3 Å². The summed E-state index contributed by atoms with van der Waals surface area (Å²) < 4.78 is 4.92. The topological polar surface area (TPSA) is 39.2 Å². The molecule has 0 spiro atoms. The normalized spacial score (nSPS) is 15.1. The number of carbonyl (C=O) groups is 1. The van der Waals surface area contributed by atoms with Crippen LogP contribution in [0.1, 0.15) is 40.9 Å². The third-order valence-corrected chi connectivity index (χ3v) is 3.35. The zero-order chi connectivity index (χ0) is 10.7. The molecule has 0 amide bonds. The standard InChI is InChI=1S/C11H13NO2S/c1-2-14-11(13)9-7-12-10(15-9)8-5-3-4-6-8/h5,7H,2-4,6H2,1H3. The van der Waals surface area contributed by atoms with Crippen molar-refractivity contribution in [1.82, 2.24) is 4.98 Å². The summed E-state index contributed by atoms with van der Waals surface area (Å²) in [6.45, 7) is 2.22. The fourth-order valence-corrected chi connectivity index (χ4v) is 2.46. The first-order valence-electron chi connectivity index (χ1n) is 5.13. The number of aromatic nitrogens is 1. The SMILES string of the molecule is CCOC(=O)c1cnc(C2=CCCC2)s1. The minimum absolute atomic E-state index is 0.264. The molecule has 15 heavy (non-hydrogen) atoms. The van der Waals surface area contributed by atoms with Crippen LogP contribution in [0.25, 0.3) is 5.57 Å². The Bertz CT molecular complexity index is 395. The van der Waals surface area contributed by atoms with Gasteiger partial charge in [0.1, 0.15) is 9.88 Å². The van der Waals surface area contributed by atoms with Gasteiger partial charge in [-0.3, -0.25) is 0 Å². The lowest BCUT2D eigenvalue weighted by Crippen LogP contribution is -2.01. The molecule has 0 bridgehead atoms. The van der Waals surface area contributed by atoms with Crippen LogP contribution >= 0.6 is 11.3 Å². The summed E-state index contributed by atoms with van der Waals surface area (Å²) in [7, 11) is 0. The average Bonchev–Trinajstić information content (AvgIpc) is 2.89. The minimum Gasteiger partial charge on any atom is -0.462 e. The number of rotatable bonds is 3. The summed E-state index contributed by atoms with van der Waals surface area (Å²) in [4.78, 5) is 16.2. The smallest absolute Gasteiger partial charge is 0.349 e. The Labute approximate surface area is 92.8 Å². The molecule has 0 atom stereocenters. The molecule has 1 heterocycles. The minimum atomic E-state index is -0.264. The average molecular weight is 223 g/mol. The van der Waals surface area contributed by atoms with Crippen LogP contribution in [0, 0.1) is 0 Å². The Morgan fingerprint density at radius 2 is 2.53 bits per heavy atom. The van der Waals surface area contributed by atoms with Gasteiger partial charge in [0.25, 0.3) is 0 Å². The lowest BCUT2D eigenvalue weighted by atomic mass is 10.2. The first kappa shape index (κ1) is 10.4. The number of hydrogen-bond donors (Lipinski definition) is 0. The van der Waals surface area contributed by atoms with Crippen molar-refractivity contribution in [1.29, 1.82) is 0 Å². The molecule has 0 N–H and O–H groups in total. The van der Waals surface area contributed by atoms with Gasteiger partial charge in [-0.25, -0.2) is 9.78 Å². The molecule has 1 aromatic rings. The molecule has 3 nitrogen and oxygen atoms in total. The van der Waals surface area contributed by atoms with E-state index in [1.807, 2.05) is 0 Å². The molecule has 0 aliphatic heterocycles. The van der Waals surface area contributed by atoms with Crippen molar-refractivity contribution in [2.45, 2.75) is 26.2 Å². The van der Waals surface area contributed by atoms with Gasteiger partial charge in [0, 0.05) is 0 Å². The van der Waals surface area contributed by atoms with Crippen molar-refractivity contribution in [2.24, 2.45) is 0 Å². The highest BCUT2D eigenvalue weighted by atomic mass is 32.1. The molecule has 1 aliphatic carbocycles. The highest BCUT2D eigenvalue weighted by molar-refractivity contribution is 7.14. The molecule has 0 aromatic carbocycles.